The van der Waals surface area contributed by atoms with Crippen molar-refractivity contribution >= 4 is 5.97 Å². The van der Waals surface area contributed by atoms with Gasteiger partial charge in [0.15, 0.2) is 0 Å². The average Bonchev–Trinajstić information content (AvgIpc) is 2.41. The van der Waals surface area contributed by atoms with Crippen molar-refractivity contribution in [2.45, 2.75) is 26.2 Å². The summed E-state index contributed by atoms with van der Waals surface area (Å²) in [6, 6.07) is 5.23. The lowest BCUT2D eigenvalue weighted by Gasteiger charge is -2.26. The quantitative estimate of drug-likeness (QED) is 0.887. The van der Waals surface area contributed by atoms with Gasteiger partial charge in [0.1, 0.15) is 12.4 Å². The third-order valence-corrected chi connectivity index (χ3v) is 3.56. The van der Waals surface area contributed by atoms with Crippen LogP contribution < -0.4 is 4.74 Å². The van der Waals surface area contributed by atoms with Gasteiger partial charge in [-0.05, 0) is 50.6 Å². The van der Waals surface area contributed by atoms with E-state index in [0.717, 1.165) is 25.2 Å². The number of aryl methyl sites for hydroxylation is 1. The monoisotopic (exact) mass is 263 g/mol. The Morgan fingerprint density at radius 3 is 2.74 bits per heavy atom. The van der Waals surface area contributed by atoms with E-state index in [2.05, 4.69) is 4.90 Å². The SMILES string of the molecule is Cc1ccc(OCCN2CCCCC2)cc1C(=O)O. The molecule has 0 bridgehead atoms. The van der Waals surface area contributed by atoms with Crippen LogP contribution in [0, 0.1) is 6.92 Å². The van der Waals surface area contributed by atoms with Crippen molar-refractivity contribution in [3.63, 3.8) is 0 Å². The Kier molecular flexibility index (Phi) is 4.80. The topological polar surface area (TPSA) is 49.8 Å². The van der Waals surface area contributed by atoms with E-state index in [1.54, 1.807) is 19.1 Å². The molecule has 1 aromatic rings. The highest BCUT2D eigenvalue weighted by atomic mass is 16.5. The van der Waals surface area contributed by atoms with E-state index >= 15 is 0 Å². The summed E-state index contributed by atoms with van der Waals surface area (Å²) in [5.41, 5.74) is 1.08. The second-order valence-electron chi connectivity index (χ2n) is 5.03. The minimum Gasteiger partial charge on any atom is -0.492 e. The van der Waals surface area contributed by atoms with Crippen molar-refractivity contribution in [1.29, 1.82) is 0 Å². The van der Waals surface area contributed by atoms with Crippen LogP contribution in [-0.4, -0.2) is 42.2 Å². The third kappa shape index (κ3) is 3.96. The molecule has 1 heterocycles. The molecule has 0 radical (unpaired) electrons. The standard InChI is InChI=1S/C15H21NO3/c1-12-5-6-13(11-14(12)15(17)18)19-10-9-16-7-3-2-4-8-16/h5-6,11H,2-4,7-10H2,1H3,(H,17,18). The van der Waals surface area contributed by atoms with E-state index in [0.29, 0.717) is 17.9 Å². The Hall–Kier alpha value is -1.55. The lowest BCUT2D eigenvalue weighted by Crippen LogP contribution is -2.33. The molecule has 1 aromatic carbocycles. The van der Waals surface area contributed by atoms with E-state index < -0.39 is 5.97 Å². The van der Waals surface area contributed by atoms with Gasteiger partial charge in [-0.25, -0.2) is 4.79 Å². The number of aromatic carboxylic acids is 1. The highest BCUT2D eigenvalue weighted by Gasteiger charge is 2.11. The van der Waals surface area contributed by atoms with Gasteiger partial charge >= 0.3 is 5.97 Å². The van der Waals surface area contributed by atoms with Crippen LogP contribution in [0.1, 0.15) is 35.2 Å². The molecule has 0 aliphatic carbocycles. The Balaban J connectivity index is 1.85. The summed E-state index contributed by atoms with van der Waals surface area (Å²) in [5.74, 6) is -0.265. The van der Waals surface area contributed by atoms with Gasteiger partial charge < -0.3 is 9.84 Å². The number of hydrogen-bond acceptors (Lipinski definition) is 3. The number of ether oxygens (including phenoxy) is 1. The summed E-state index contributed by atoms with van der Waals surface area (Å²) >= 11 is 0. The Morgan fingerprint density at radius 2 is 2.05 bits per heavy atom. The van der Waals surface area contributed by atoms with Crippen molar-refractivity contribution in [3.8, 4) is 5.75 Å². The first-order valence-corrected chi connectivity index (χ1v) is 6.86. The summed E-state index contributed by atoms with van der Waals surface area (Å²) < 4.78 is 5.65. The molecule has 0 atom stereocenters. The molecule has 0 amide bonds. The predicted octanol–water partition coefficient (Wildman–Crippen LogP) is 2.56. The van der Waals surface area contributed by atoms with Crippen LogP contribution in [0.25, 0.3) is 0 Å². The lowest BCUT2D eigenvalue weighted by molar-refractivity contribution is 0.0695. The minimum absolute atomic E-state index is 0.315. The van der Waals surface area contributed by atoms with E-state index in [-0.39, 0.29) is 0 Å². The Labute approximate surface area is 114 Å². The first-order valence-electron chi connectivity index (χ1n) is 6.86. The smallest absolute Gasteiger partial charge is 0.336 e. The maximum absolute atomic E-state index is 11.0. The van der Waals surface area contributed by atoms with E-state index in [4.69, 9.17) is 9.84 Å². The molecule has 4 nitrogen and oxygen atoms in total. The van der Waals surface area contributed by atoms with Crippen LogP contribution in [0.15, 0.2) is 18.2 Å². The molecule has 0 saturated carbocycles. The summed E-state index contributed by atoms with van der Waals surface area (Å²) in [6.07, 6.45) is 3.87. The second kappa shape index (κ2) is 6.57. The van der Waals surface area contributed by atoms with Gasteiger partial charge in [0.25, 0.3) is 0 Å². The normalized spacial score (nSPS) is 16.3. The van der Waals surface area contributed by atoms with Crippen molar-refractivity contribution < 1.29 is 14.6 Å². The summed E-state index contributed by atoms with van der Waals surface area (Å²) in [4.78, 5) is 13.4. The van der Waals surface area contributed by atoms with Gasteiger partial charge in [0.05, 0.1) is 5.56 Å². The molecular weight excluding hydrogens is 242 g/mol. The summed E-state index contributed by atoms with van der Waals surface area (Å²) in [7, 11) is 0. The highest BCUT2D eigenvalue weighted by molar-refractivity contribution is 5.89. The van der Waals surface area contributed by atoms with Crippen LogP contribution in [0.4, 0.5) is 0 Å². The van der Waals surface area contributed by atoms with Crippen molar-refractivity contribution in [2.75, 3.05) is 26.2 Å². The average molecular weight is 263 g/mol. The van der Waals surface area contributed by atoms with Gasteiger partial charge in [-0.2, -0.15) is 0 Å². The van der Waals surface area contributed by atoms with Gasteiger partial charge in [-0.15, -0.1) is 0 Å². The fourth-order valence-electron chi connectivity index (χ4n) is 2.40. The largest absolute Gasteiger partial charge is 0.492 e. The van der Waals surface area contributed by atoms with Crippen molar-refractivity contribution in [1.82, 2.24) is 4.90 Å². The number of hydrogen-bond donors (Lipinski definition) is 1. The number of piperidine rings is 1. The molecule has 0 spiro atoms. The van der Waals surface area contributed by atoms with Gasteiger partial charge in [-0.3, -0.25) is 4.90 Å². The molecule has 104 valence electrons. The fourth-order valence-corrected chi connectivity index (χ4v) is 2.40. The van der Waals surface area contributed by atoms with Gasteiger partial charge in [-0.1, -0.05) is 12.5 Å². The van der Waals surface area contributed by atoms with Gasteiger partial charge in [0, 0.05) is 6.54 Å². The van der Waals surface area contributed by atoms with Crippen LogP contribution in [0.5, 0.6) is 5.75 Å². The number of nitrogens with zero attached hydrogens (tertiary/aromatic N) is 1. The van der Waals surface area contributed by atoms with Crippen LogP contribution in [0.2, 0.25) is 0 Å². The molecule has 1 fully saturated rings. The molecule has 0 aromatic heterocycles. The summed E-state index contributed by atoms with van der Waals surface area (Å²) in [6.45, 7) is 5.62. The zero-order chi connectivity index (χ0) is 13.7. The maximum atomic E-state index is 11.0. The Morgan fingerprint density at radius 1 is 1.32 bits per heavy atom. The van der Waals surface area contributed by atoms with Crippen molar-refractivity contribution in [2.24, 2.45) is 0 Å². The summed E-state index contributed by atoms with van der Waals surface area (Å²) in [5, 5.41) is 9.06. The van der Waals surface area contributed by atoms with Crippen LogP contribution in [-0.2, 0) is 0 Å². The molecule has 2 rings (SSSR count). The molecule has 1 N–H and O–H groups in total. The molecule has 0 unspecified atom stereocenters. The number of carboxylic acid groups (broad SMARTS) is 1. The lowest BCUT2D eigenvalue weighted by atomic mass is 10.1. The Bertz CT molecular complexity index is 439. The molecule has 4 heteroatoms. The molecule has 1 aliphatic heterocycles. The highest BCUT2D eigenvalue weighted by Crippen LogP contribution is 2.17. The number of carbonyl (C=O) groups is 1. The van der Waals surface area contributed by atoms with E-state index in [1.807, 2.05) is 6.07 Å². The van der Waals surface area contributed by atoms with Gasteiger partial charge in [0.2, 0.25) is 0 Å². The number of benzene rings is 1. The van der Waals surface area contributed by atoms with E-state index in [9.17, 15) is 4.79 Å². The number of rotatable bonds is 5. The molecule has 19 heavy (non-hydrogen) atoms. The van der Waals surface area contributed by atoms with E-state index in [1.165, 1.54) is 19.3 Å². The van der Waals surface area contributed by atoms with Crippen LogP contribution in [0.3, 0.4) is 0 Å². The molecule has 1 aliphatic rings. The fraction of sp³-hybridized carbons (Fsp3) is 0.533. The maximum Gasteiger partial charge on any atom is 0.336 e. The minimum atomic E-state index is -0.904. The van der Waals surface area contributed by atoms with Crippen LogP contribution >= 0.6 is 0 Å². The number of carboxylic acids is 1. The predicted molar refractivity (Wildman–Crippen MR) is 73.9 cm³/mol. The molecular formula is C15H21NO3. The first-order chi connectivity index (χ1) is 9.16. The second-order valence-corrected chi connectivity index (χ2v) is 5.03. The number of likely N-dealkylation sites (tertiary alicyclic amines) is 1. The zero-order valence-electron chi connectivity index (χ0n) is 11.4. The zero-order valence-corrected chi connectivity index (χ0v) is 11.4. The molecule has 1 saturated heterocycles. The van der Waals surface area contributed by atoms with Crippen molar-refractivity contribution in [3.05, 3.63) is 29.3 Å². The first kappa shape index (κ1) is 13.9. The third-order valence-electron chi connectivity index (χ3n) is 3.56.